The Morgan fingerprint density at radius 3 is 1.27 bits per heavy atom. The molecule has 0 heterocycles. The van der Waals surface area contributed by atoms with E-state index in [0.717, 1.165) is 13.0 Å². The van der Waals surface area contributed by atoms with Crippen LogP contribution in [0.4, 0.5) is 19.4 Å². The summed E-state index contributed by atoms with van der Waals surface area (Å²) in [7, 11) is -10.0. The number of terminal acetylenes is 1. The average Bonchev–Trinajstić information content (AvgIpc) is 2.80. The van der Waals surface area contributed by atoms with Crippen molar-refractivity contribution in [3.05, 3.63) is 23.3 Å². The highest BCUT2D eigenvalue weighted by Gasteiger charge is 2.68. The molecule has 0 saturated heterocycles. The SMILES string of the molecule is C#CC#CC#CC#CC#CC#CC#CC#CC#CC#CC#COc1ccc(C)c(C)c1S(F)(F)(F)(F)F. The molecular formula is C30H9F5OS. The lowest BCUT2D eigenvalue weighted by Gasteiger charge is -2.42. The van der Waals surface area contributed by atoms with Crippen LogP contribution in [0.1, 0.15) is 11.1 Å². The first kappa shape index (κ1) is 29.2. The van der Waals surface area contributed by atoms with Crippen LogP contribution in [0.5, 0.6) is 5.75 Å². The molecule has 1 aromatic rings. The monoisotopic (exact) mass is 512 g/mol. The van der Waals surface area contributed by atoms with Crippen LogP contribution in [0.3, 0.4) is 0 Å². The fraction of sp³-hybridized carbons (Fsp3) is 0.0667. The molecule has 1 rings (SSSR count). The number of benzene rings is 1. The van der Waals surface area contributed by atoms with Crippen molar-refractivity contribution < 1.29 is 24.2 Å². The van der Waals surface area contributed by atoms with Gasteiger partial charge in [-0.05, 0) is 78.4 Å². The highest BCUT2D eigenvalue weighted by atomic mass is 32.5. The van der Waals surface area contributed by atoms with Crippen LogP contribution in [0.15, 0.2) is 17.0 Å². The van der Waals surface area contributed by atoms with Gasteiger partial charge in [0, 0.05) is 71.0 Å². The van der Waals surface area contributed by atoms with Gasteiger partial charge in [-0.2, -0.15) is 0 Å². The number of hydrogen-bond donors (Lipinski definition) is 0. The van der Waals surface area contributed by atoms with Crippen molar-refractivity contribution in [3.8, 4) is 137 Å². The van der Waals surface area contributed by atoms with E-state index in [1.165, 1.54) is 13.0 Å². The summed E-state index contributed by atoms with van der Waals surface area (Å²) in [5.41, 5.74) is -0.614. The Kier molecular flexibility index (Phi) is 9.94. The molecular weight excluding hydrogens is 503 g/mol. The lowest BCUT2D eigenvalue weighted by atomic mass is 10.1. The number of aryl methyl sites for hydroxylation is 1. The minimum absolute atomic E-state index is 0.0290. The third kappa shape index (κ3) is 12.3. The van der Waals surface area contributed by atoms with Gasteiger partial charge in [0.25, 0.3) is 0 Å². The molecule has 0 saturated carbocycles. The Labute approximate surface area is 213 Å². The molecule has 0 radical (unpaired) electrons. The van der Waals surface area contributed by atoms with E-state index in [1.54, 1.807) is 0 Å². The number of hydrogen-bond acceptors (Lipinski definition) is 1. The van der Waals surface area contributed by atoms with Crippen molar-refractivity contribution in [2.24, 2.45) is 0 Å². The van der Waals surface area contributed by atoms with Crippen LogP contribution in [0, 0.1) is 145 Å². The maximum absolute atomic E-state index is 13.4. The minimum Gasteiger partial charge on any atom is -0.405 e. The van der Waals surface area contributed by atoms with E-state index >= 15 is 0 Å². The van der Waals surface area contributed by atoms with Crippen LogP contribution in [0.2, 0.25) is 0 Å². The Bertz CT molecular complexity index is 1810. The zero-order valence-corrected chi connectivity index (χ0v) is 19.8. The number of rotatable bonds is 2. The second-order valence-electron chi connectivity index (χ2n) is 6.03. The number of halogens is 5. The van der Waals surface area contributed by atoms with Gasteiger partial charge in [-0.1, -0.05) is 25.5 Å². The summed E-state index contributed by atoms with van der Waals surface area (Å²) in [5, 5.41) is 0. The summed E-state index contributed by atoms with van der Waals surface area (Å²) in [5.74, 6) is 45.6. The van der Waals surface area contributed by atoms with Crippen molar-refractivity contribution >= 4 is 10.2 Å². The van der Waals surface area contributed by atoms with Gasteiger partial charge in [0.2, 0.25) is 0 Å². The largest absolute Gasteiger partial charge is 0.405 e. The molecule has 0 N–H and O–H groups in total. The van der Waals surface area contributed by atoms with Crippen molar-refractivity contribution in [2.45, 2.75) is 18.7 Å². The standard InChI is InChI=1S/C30H9F5OS/c1-4-5-6-7-8-9-10-11-12-13-14-15-16-17-18-19-20-21-22-23-26-36-29-25-24-27(2)28(3)30(29)37(31,32,33,34)35/h1,24-25H,2-3H3. The fourth-order valence-electron chi connectivity index (χ4n) is 2.00. The maximum Gasteiger partial charge on any atom is 0.314 e. The van der Waals surface area contributed by atoms with Crippen LogP contribution in [-0.4, -0.2) is 0 Å². The molecule has 0 amide bonds. The lowest BCUT2D eigenvalue weighted by molar-refractivity contribution is 0.355. The van der Waals surface area contributed by atoms with Crippen LogP contribution in [0.25, 0.3) is 0 Å². The van der Waals surface area contributed by atoms with Crippen molar-refractivity contribution in [2.75, 3.05) is 0 Å². The molecule has 0 aliphatic heterocycles. The highest BCUT2D eigenvalue weighted by Crippen LogP contribution is 3.03. The summed E-state index contributed by atoms with van der Waals surface area (Å²) in [4.78, 5) is -2.11. The van der Waals surface area contributed by atoms with E-state index in [2.05, 4.69) is 123 Å². The number of ether oxygens (including phenoxy) is 1. The van der Waals surface area contributed by atoms with Gasteiger partial charge in [-0.15, -0.1) is 6.42 Å². The third-order valence-electron chi connectivity index (χ3n) is 3.44. The summed E-state index contributed by atoms with van der Waals surface area (Å²) < 4.78 is 71.5. The summed E-state index contributed by atoms with van der Waals surface area (Å²) in [6.07, 6.45) is 6.74. The van der Waals surface area contributed by atoms with Crippen LogP contribution < -0.4 is 4.74 Å². The predicted octanol–water partition coefficient (Wildman–Crippen LogP) is 4.96. The summed E-state index contributed by atoms with van der Waals surface area (Å²) in [6, 6.07) is 1.99. The van der Waals surface area contributed by atoms with Crippen molar-refractivity contribution in [1.29, 1.82) is 0 Å². The van der Waals surface area contributed by atoms with Gasteiger partial charge < -0.3 is 4.74 Å². The first-order valence-electron chi connectivity index (χ1n) is 9.33. The molecule has 37 heavy (non-hydrogen) atoms. The second-order valence-corrected chi connectivity index (χ2v) is 8.37. The zero-order valence-electron chi connectivity index (χ0n) is 18.9. The van der Waals surface area contributed by atoms with E-state index in [0.29, 0.717) is 0 Å². The molecule has 0 aromatic heterocycles. The molecule has 0 atom stereocenters. The van der Waals surface area contributed by atoms with Gasteiger partial charge in [0.05, 0.1) is 0 Å². The molecule has 1 aromatic carbocycles. The van der Waals surface area contributed by atoms with E-state index < -0.39 is 26.4 Å². The zero-order chi connectivity index (χ0) is 27.7. The lowest BCUT2D eigenvalue weighted by Crippen LogP contribution is -2.11. The molecule has 0 aliphatic rings. The summed E-state index contributed by atoms with van der Waals surface area (Å²) in [6.45, 7) is 2.20. The van der Waals surface area contributed by atoms with Gasteiger partial charge in [-0.3, -0.25) is 0 Å². The first-order chi connectivity index (χ1) is 17.4. The molecule has 7 heteroatoms. The normalized spacial score (nSPS) is 9.35. The van der Waals surface area contributed by atoms with E-state index in [-0.39, 0.29) is 5.56 Å². The highest BCUT2D eigenvalue weighted by molar-refractivity contribution is 8.45. The Balaban J connectivity index is 2.73. The molecule has 0 fully saturated rings. The van der Waals surface area contributed by atoms with Gasteiger partial charge in [-0.25, -0.2) is 0 Å². The van der Waals surface area contributed by atoms with Gasteiger partial charge in [0.1, 0.15) is 6.11 Å². The Morgan fingerprint density at radius 1 is 0.568 bits per heavy atom. The second kappa shape index (κ2) is 12.6. The minimum atomic E-state index is -10.0. The molecule has 176 valence electrons. The first-order valence-corrected chi connectivity index (χ1v) is 11.3. The quantitative estimate of drug-likeness (QED) is 0.402. The van der Waals surface area contributed by atoms with Crippen molar-refractivity contribution in [3.63, 3.8) is 0 Å². The topological polar surface area (TPSA) is 9.23 Å². The van der Waals surface area contributed by atoms with Crippen LogP contribution in [-0.2, 0) is 0 Å². The Morgan fingerprint density at radius 2 is 0.919 bits per heavy atom. The average molecular weight is 512 g/mol. The fourth-order valence-corrected chi connectivity index (χ4v) is 3.23. The van der Waals surface area contributed by atoms with E-state index in [4.69, 9.17) is 6.42 Å². The van der Waals surface area contributed by atoms with Gasteiger partial charge in [0.15, 0.2) is 10.6 Å². The maximum atomic E-state index is 13.4. The molecule has 0 spiro atoms. The van der Waals surface area contributed by atoms with E-state index in [1.807, 2.05) is 6.11 Å². The molecule has 0 unspecified atom stereocenters. The predicted molar refractivity (Wildman–Crippen MR) is 135 cm³/mol. The molecule has 0 bridgehead atoms. The van der Waals surface area contributed by atoms with Crippen molar-refractivity contribution in [1.82, 2.24) is 0 Å². The Hall–Kier alpha value is -5.82. The third-order valence-corrected chi connectivity index (χ3v) is 4.71. The smallest absolute Gasteiger partial charge is 0.314 e. The van der Waals surface area contributed by atoms with Crippen LogP contribution >= 0.6 is 10.2 Å². The molecule has 0 aliphatic carbocycles. The van der Waals surface area contributed by atoms with Gasteiger partial charge >= 0.3 is 10.2 Å². The molecule has 1 nitrogen and oxygen atoms in total. The van der Waals surface area contributed by atoms with E-state index in [9.17, 15) is 19.4 Å². The summed E-state index contributed by atoms with van der Waals surface area (Å²) >= 11 is 0.